The minimum atomic E-state index is -0.527. The molecule has 0 saturated carbocycles. The Morgan fingerprint density at radius 3 is 2.59 bits per heavy atom. The van der Waals surface area contributed by atoms with Gasteiger partial charge in [-0.3, -0.25) is 10.1 Å². The van der Waals surface area contributed by atoms with Crippen molar-refractivity contribution in [1.82, 2.24) is 19.9 Å². The van der Waals surface area contributed by atoms with Gasteiger partial charge < -0.3 is 9.26 Å². The molecule has 0 radical (unpaired) electrons. The van der Waals surface area contributed by atoms with Gasteiger partial charge in [0.25, 0.3) is 5.56 Å². The molecule has 0 saturated heterocycles. The lowest BCUT2D eigenvalue weighted by molar-refractivity contribution is 0.168. The lowest BCUT2D eigenvalue weighted by Gasteiger charge is -2.10. The van der Waals surface area contributed by atoms with Gasteiger partial charge in [-0.1, -0.05) is 41.6 Å². The van der Waals surface area contributed by atoms with Crippen molar-refractivity contribution in [1.29, 1.82) is 0 Å². The largest absolute Gasteiger partial charge is 0.450 e. The molecule has 1 N–H and O–H groups in total. The second kappa shape index (κ2) is 9.25. The molecule has 0 atom stereocenters. The molecule has 2 aromatic heterocycles. The third-order valence-electron chi connectivity index (χ3n) is 4.61. The van der Waals surface area contributed by atoms with E-state index in [1.165, 1.54) is 10.7 Å². The molecular formula is C23H21N5O4. The first kappa shape index (κ1) is 21.0. The van der Waals surface area contributed by atoms with Crippen molar-refractivity contribution in [2.45, 2.75) is 20.4 Å². The van der Waals surface area contributed by atoms with Crippen molar-refractivity contribution in [3.8, 4) is 22.6 Å². The molecule has 2 aromatic carbocycles. The predicted molar refractivity (Wildman–Crippen MR) is 118 cm³/mol. The van der Waals surface area contributed by atoms with Crippen LogP contribution < -0.4 is 10.9 Å². The van der Waals surface area contributed by atoms with E-state index in [-0.39, 0.29) is 18.7 Å². The van der Waals surface area contributed by atoms with E-state index < -0.39 is 6.09 Å². The third-order valence-corrected chi connectivity index (χ3v) is 4.61. The summed E-state index contributed by atoms with van der Waals surface area (Å²) in [6.07, 6.45) is -0.527. The maximum absolute atomic E-state index is 12.4. The Bertz CT molecular complexity index is 1290. The number of benzene rings is 2. The number of anilines is 1. The van der Waals surface area contributed by atoms with Crippen LogP contribution in [0, 0.1) is 6.92 Å². The highest BCUT2D eigenvalue weighted by molar-refractivity contribution is 5.84. The molecule has 0 unspecified atom stereocenters. The first-order chi connectivity index (χ1) is 15.5. The average Bonchev–Trinajstić information content (AvgIpc) is 3.22. The Kier molecular flexibility index (Phi) is 6.07. The normalized spacial score (nSPS) is 10.7. The highest BCUT2D eigenvalue weighted by Gasteiger charge is 2.09. The third kappa shape index (κ3) is 4.89. The summed E-state index contributed by atoms with van der Waals surface area (Å²) in [6.45, 7) is 4.01. The first-order valence-corrected chi connectivity index (χ1v) is 10.0. The number of nitrogens with zero attached hydrogens (tertiary/aromatic N) is 4. The maximum Gasteiger partial charge on any atom is 0.411 e. The quantitative estimate of drug-likeness (QED) is 0.493. The number of carbonyl (C=O) groups is 1. The highest BCUT2D eigenvalue weighted by Crippen LogP contribution is 2.21. The number of rotatable bonds is 6. The summed E-state index contributed by atoms with van der Waals surface area (Å²) in [4.78, 5) is 28.2. The van der Waals surface area contributed by atoms with E-state index >= 15 is 0 Å². The number of ether oxygens (including phenoxy) is 1. The zero-order chi connectivity index (χ0) is 22.5. The molecule has 9 nitrogen and oxygen atoms in total. The second-order valence-corrected chi connectivity index (χ2v) is 6.97. The second-order valence-electron chi connectivity index (χ2n) is 6.97. The van der Waals surface area contributed by atoms with Gasteiger partial charge in [-0.2, -0.15) is 10.1 Å². The monoisotopic (exact) mass is 431 g/mol. The number of amides is 1. The average molecular weight is 431 g/mol. The Morgan fingerprint density at radius 1 is 1.09 bits per heavy atom. The Morgan fingerprint density at radius 2 is 1.88 bits per heavy atom. The zero-order valence-electron chi connectivity index (χ0n) is 17.6. The summed E-state index contributed by atoms with van der Waals surface area (Å²) >= 11 is 0. The number of hydrogen-bond acceptors (Lipinski definition) is 7. The molecule has 0 aliphatic heterocycles. The lowest BCUT2D eigenvalue weighted by Crippen LogP contribution is -2.23. The summed E-state index contributed by atoms with van der Waals surface area (Å²) in [6, 6.07) is 17.9. The number of aromatic nitrogens is 4. The van der Waals surface area contributed by atoms with Crippen LogP contribution in [-0.4, -0.2) is 32.6 Å². The van der Waals surface area contributed by atoms with Gasteiger partial charge >= 0.3 is 6.09 Å². The van der Waals surface area contributed by atoms with Gasteiger partial charge in [-0.15, -0.1) is 0 Å². The molecule has 2 heterocycles. The summed E-state index contributed by atoms with van der Waals surface area (Å²) in [5.41, 5.74) is 3.49. The molecule has 0 bridgehead atoms. The number of hydrogen-bond donors (Lipinski definition) is 1. The van der Waals surface area contributed by atoms with Crippen LogP contribution in [-0.2, 0) is 11.3 Å². The van der Waals surface area contributed by atoms with E-state index in [4.69, 9.17) is 9.26 Å². The SMILES string of the molecule is CCOC(=O)Nc1cccc(Cn2nc(-c3ccc(-c4noc(C)n4)cc3)ccc2=O)c1. The van der Waals surface area contributed by atoms with E-state index in [0.717, 1.165) is 16.7 Å². The molecule has 0 fully saturated rings. The Hall–Kier alpha value is -4.27. The number of nitrogens with one attached hydrogen (secondary N) is 1. The van der Waals surface area contributed by atoms with Crippen LogP contribution in [0.25, 0.3) is 22.6 Å². The van der Waals surface area contributed by atoms with Crippen molar-refractivity contribution in [2.24, 2.45) is 0 Å². The van der Waals surface area contributed by atoms with E-state index in [1.807, 2.05) is 30.3 Å². The topological polar surface area (TPSA) is 112 Å². The molecule has 4 aromatic rings. The fourth-order valence-electron chi connectivity index (χ4n) is 3.13. The van der Waals surface area contributed by atoms with Gasteiger partial charge in [0.2, 0.25) is 11.7 Å². The van der Waals surface area contributed by atoms with Crippen LogP contribution in [0.1, 0.15) is 18.4 Å². The minimum Gasteiger partial charge on any atom is -0.450 e. The smallest absolute Gasteiger partial charge is 0.411 e. The van der Waals surface area contributed by atoms with Crippen molar-refractivity contribution >= 4 is 11.8 Å². The number of carbonyl (C=O) groups excluding carboxylic acids is 1. The maximum atomic E-state index is 12.4. The first-order valence-electron chi connectivity index (χ1n) is 10.0. The van der Waals surface area contributed by atoms with Gasteiger partial charge in [0, 0.05) is 29.8 Å². The summed E-state index contributed by atoms with van der Waals surface area (Å²) < 4.78 is 11.3. The van der Waals surface area contributed by atoms with Crippen LogP contribution >= 0.6 is 0 Å². The van der Waals surface area contributed by atoms with Crippen molar-refractivity contribution in [3.05, 3.63) is 82.5 Å². The van der Waals surface area contributed by atoms with Crippen LogP contribution in [0.5, 0.6) is 0 Å². The summed E-state index contributed by atoms with van der Waals surface area (Å²) in [7, 11) is 0. The van der Waals surface area contributed by atoms with Crippen LogP contribution in [0.4, 0.5) is 10.5 Å². The molecule has 32 heavy (non-hydrogen) atoms. The van der Waals surface area contributed by atoms with Crippen LogP contribution in [0.3, 0.4) is 0 Å². The van der Waals surface area contributed by atoms with E-state index in [9.17, 15) is 9.59 Å². The van der Waals surface area contributed by atoms with Crippen LogP contribution in [0.2, 0.25) is 0 Å². The van der Waals surface area contributed by atoms with Crippen molar-refractivity contribution in [2.75, 3.05) is 11.9 Å². The van der Waals surface area contributed by atoms with Gasteiger partial charge in [0.05, 0.1) is 18.8 Å². The summed E-state index contributed by atoms with van der Waals surface area (Å²) in [5, 5.41) is 11.1. The van der Waals surface area contributed by atoms with Crippen LogP contribution in [0.15, 0.2) is 70.0 Å². The Labute approximate surface area is 183 Å². The fourth-order valence-corrected chi connectivity index (χ4v) is 3.13. The summed E-state index contributed by atoms with van der Waals surface area (Å²) in [5.74, 6) is 1.02. The van der Waals surface area contributed by atoms with Crippen molar-refractivity contribution < 1.29 is 14.1 Å². The standard InChI is InChI=1S/C23H21N5O4/c1-3-31-23(30)25-19-6-4-5-16(13-19)14-28-21(29)12-11-20(26-28)17-7-9-18(10-8-17)22-24-15(2)32-27-22/h4-13H,3,14H2,1-2H3,(H,25,30). The fraction of sp³-hybridized carbons (Fsp3) is 0.174. The molecule has 0 spiro atoms. The van der Waals surface area contributed by atoms with Gasteiger partial charge in [0.15, 0.2) is 0 Å². The molecular weight excluding hydrogens is 410 g/mol. The van der Waals surface area contributed by atoms with Gasteiger partial charge in [-0.05, 0) is 30.7 Å². The molecule has 4 rings (SSSR count). The molecule has 1 amide bonds. The number of aryl methyl sites for hydroxylation is 1. The minimum absolute atomic E-state index is 0.226. The Balaban J connectivity index is 1.54. The molecule has 9 heteroatoms. The predicted octanol–water partition coefficient (Wildman–Crippen LogP) is 3.89. The van der Waals surface area contributed by atoms with Gasteiger partial charge in [-0.25, -0.2) is 9.48 Å². The highest BCUT2D eigenvalue weighted by atomic mass is 16.5. The van der Waals surface area contributed by atoms with E-state index in [2.05, 4.69) is 20.6 Å². The molecule has 162 valence electrons. The van der Waals surface area contributed by atoms with Gasteiger partial charge in [0.1, 0.15) is 0 Å². The molecule has 0 aliphatic carbocycles. The lowest BCUT2D eigenvalue weighted by atomic mass is 10.1. The van der Waals surface area contributed by atoms with E-state index in [1.54, 1.807) is 38.1 Å². The van der Waals surface area contributed by atoms with Crippen molar-refractivity contribution in [3.63, 3.8) is 0 Å². The zero-order valence-corrected chi connectivity index (χ0v) is 17.6. The molecule has 0 aliphatic rings. The van der Waals surface area contributed by atoms with E-state index in [0.29, 0.717) is 23.1 Å².